The van der Waals surface area contributed by atoms with Gasteiger partial charge in [-0.05, 0) is 0 Å². The number of nitrogens with one attached hydrogen (secondary N) is 1. The van der Waals surface area contributed by atoms with Crippen molar-refractivity contribution in [3.63, 3.8) is 0 Å². The van der Waals surface area contributed by atoms with Crippen LogP contribution in [0.3, 0.4) is 0 Å². The summed E-state index contributed by atoms with van der Waals surface area (Å²) in [6.07, 6.45) is 3.34. The maximum atomic E-state index is 10.5. The largest absolute Gasteiger partial charge is 0.324 e. The SMILES string of the molecule is CC.CC(=O)Nc1cnn(C)c1. The molecule has 0 saturated heterocycles. The number of hydrogen-bond donors (Lipinski definition) is 1. The van der Waals surface area contributed by atoms with E-state index < -0.39 is 0 Å². The average Bonchev–Trinajstić information content (AvgIpc) is 2.39. The van der Waals surface area contributed by atoms with Crippen molar-refractivity contribution in [1.29, 1.82) is 0 Å². The van der Waals surface area contributed by atoms with Gasteiger partial charge in [-0.3, -0.25) is 9.48 Å². The van der Waals surface area contributed by atoms with Crippen molar-refractivity contribution in [2.45, 2.75) is 20.8 Å². The van der Waals surface area contributed by atoms with Crippen LogP contribution in [0.15, 0.2) is 12.4 Å². The van der Waals surface area contributed by atoms with Crippen LogP contribution in [0.25, 0.3) is 0 Å². The van der Waals surface area contributed by atoms with Gasteiger partial charge in [-0.2, -0.15) is 5.10 Å². The van der Waals surface area contributed by atoms with E-state index in [2.05, 4.69) is 10.4 Å². The van der Waals surface area contributed by atoms with E-state index in [1.54, 1.807) is 24.1 Å². The summed E-state index contributed by atoms with van der Waals surface area (Å²) < 4.78 is 1.63. The Hall–Kier alpha value is -1.32. The van der Waals surface area contributed by atoms with Crippen molar-refractivity contribution >= 4 is 11.6 Å². The molecule has 0 aliphatic heterocycles. The highest BCUT2D eigenvalue weighted by atomic mass is 16.1. The lowest BCUT2D eigenvalue weighted by Gasteiger charge is -1.92. The van der Waals surface area contributed by atoms with Gasteiger partial charge in [0, 0.05) is 20.2 Å². The number of aromatic nitrogens is 2. The number of carbonyl (C=O) groups is 1. The molecule has 1 aromatic heterocycles. The van der Waals surface area contributed by atoms with Crippen LogP contribution in [0.2, 0.25) is 0 Å². The summed E-state index contributed by atoms with van der Waals surface area (Å²) in [5.41, 5.74) is 0.731. The summed E-state index contributed by atoms with van der Waals surface area (Å²) in [4.78, 5) is 10.5. The molecule has 68 valence electrons. The molecule has 0 aliphatic rings. The van der Waals surface area contributed by atoms with Crippen molar-refractivity contribution < 1.29 is 4.79 Å². The van der Waals surface area contributed by atoms with Gasteiger partial charge in [-0.25, -0.2) is 0 Å². The van der Waals surface area contributed by atoms with E-state index in [-0.39, 0.29) is 5.91 Å². The molecule has 0 bridgehead atoms. The van der Waals surface area contributed by atoms with E-state index in [0.29, 0.717) is 0 Å². The van der Waals surface area contributed by atoms with Crippen LogP contribution in [-0.4, -0.2) is 15.7 Å². The summed E-state index contributed by atoms with van der Waals surface area (Å²) in [7, 11) is 1.80. The molecule has 4 nitrogen and oxygen atoms in total. The molecule has 1 rings (SSSR count). The maximum Gasteiger partial charge on any atom is 0.221 e. The molecule has 4 heteroatoms. The molecule has 0 spiro atoms. The number of hydrogen-bond acceptors (Lipinski definition) is 2. The first-order chi connectivity index (χ1) is 5.68. The molecule has 1 heterocycles. The van der Waals surface area contributed by atoms with E-state index in [0.717, 1.165) is 5.69 Å². The normalized spacial score (nSPS) is 8.33. The van der Waals surface area contributed by atoms with Gasteiger partial charge in [0.2, 0.25) is 5.91 Å². The van der Waals surface area contributed by atoms with Crippen molar-refractivity contribution in [1.82, 2.24) is 9.78 Å². The van der Waals surface area contributed by atoms with Gasteiger partial charge in [0.1, 0.15) is 0 Å². The highest BCUT2D eigenvalue weighted by Crippen LogP contribution is 2.01. The van der Waals surface area contributed by atoms with E-state index in [4.69, 9.17) is 0 Å². The fraction of sp³-hybridized carbons (Fsp3) is 0.500. The average molecular weight is 169 g/mol. The summed E-state index contributed by atoms with van der Waals surface area (Å²) in [5, 5.41) is 6.47. The fourth-order valence-corrected chi connectivity index (χ4v) is 0.689. The zero-order chi connectivity index (χ0) is 9.56. The van der Waals surface area contributed by atoms with Crippen molar-refractivity contribution in [3.8, 4) is 0 Å². The minimum absolute atomic E-state index is 0.0759. The summed E-state index contributed by atoms with van der Waals surface area (Å²) in [5.74, 6) is -0.0759. The molecule has 0 radical (unpaired) electrons. The maximum absolute atomic E-state index is 10.5. The van der Waals surface area contributed by atoms with E-state index in [9.17, 15) is 4.79 Å². The third-order valence-corrected chi connectivity index (χ3v) is 1.03. The highest BCUT2D eigenvalue weighted by Gasteiger charge is 1.95. The number of carbonyl (C=O) groups excluding carboxylic acids is 1. The number of aryl methyl sites for hydroxylation is 1. The summed E-state index contributed by atoms with van der Waals surface area (Å²) in [6, 6.07) is 0. The third kappa shape index (κ3) is 3.75. The molecule has 1 amide bonds. The van der Waals surface area contributed by atoms with E-state index in [1.807, 2.05) is 13.8 Å². The van der Waals surface area contributed by atoms with Crippen LogP contribution >= 0.6 is 0 Å². The van der Waals surface area contributed by atoms with Crippen molar-refractivity contribution in [3.05, 3.63) is 12.4 Å². The Morgan fingerprint density at radius 1 is 1.58 bits per heavy atom. The van der Waals surface area contributed by atoms with E-state index in [1.165, 1.54) is 6.92 Å². The summed E-state index contributed by atoms with van der Waals surface area (Å²) in [6.45, 7) is 5.47. The summed E-state index contributed by atoms with van der Waals surface area (Å²) >= 11 is 0. The van der Waals surface area contributed by atoms with Crippen molar-refractivity contribution in [2.75, 3.05) is 5.32 Å². The smallest absolute Gasteiger partial charge is 0.221 e. The predicted octanol–water partition coefficient (Wildman–Crippen LogP) is 1.40. The van der Waals surface area contributed by atoms with Crippen LogP contribution < -0.4 is 5.32 Å². The minimum Gasteiger partial charge on any atom is -0.324 e. The molecule has 1 aromatic rings. The van der Waals surface area contributed by atoms with E-state index >= 15 is 0 Å². The Bertz CT molecular complexity index is 242. The van der Waals surface area contributed by atoms with Gasteiger partial charge in [-0.15, -0.1) is 0 Å². The number of anilines is 1. The number of nitrogens with zero attached hydrogens (tertiary/aromatic N) is 2. The first-order valence-corrected chi connectivity index (χ1v) is 3.95. The second-order valence-corrected chi connectivity index (χ2v) is 2.08. The van der Waals surface area contributed by atoms with Gasteiger partial charge in [0.25, 0.3) is 0 Å². The van der Waals surface area contributed by atoms with Crippen LogP contribution in [-0.2, 0) is 11.8 Å². The second-order valence-electron chi connectivity index (χ2n) is 2.08. The van der Waals surface area contributed by atoms with Gasteiger partial charge >= 0.3 is 0 Å². The molecule has 0 aliphatic carbocycles. The topological polar surface area (TPSA) is 46.9 Å². The number of amides is 1. The predicted molar refractivity (Wildman–Crippen MR) is 48.9 cm³/mol. The molecule has 12 heavy (non-hydrogen) atoms. The molecule has 0 unspecified atom stereocenters. The van der Waals surface area contributed by atoms with Gasteiger partial charge in [0.15, 0.2) is 0 Å². The first-order valence-electron chi connectivity index (χ1n) is 3.95. The fourth-order valence-electron chi connectivity index (χ4n) is 0.689. The Balaban J connectivity index is 0.000000561. The van der Waals surface area contributed by atoms with Crippen LogP contribution in [0.1, 0.15) is 20.8 Å². The monoisotopic (exact) mass is 169 g/mol. The third-order valence-electron chi connectivity index (χ3n) is 1.03. The molecule has 0 aromatic carbocycles. The van der Waals surface area contributed by atoms with Crippen LogP contribution in [0.4, 0.5) is 5.69 Å². The highest BCUT2D eigenvalue weighted by molar-refractivity contribution is 5.88. The lowest BCUT2D eigenvalue weighted by Crippen LogP contribution is -2.04. The molecular formula is C8H15N3O. The van der Waals surface area contributed by atoms with Gasteiger partial charge < -0.3 is 5.32 Å². The van der Waals surface area contributed by atoms with Crippen LogP contribution in [0, 0.1) is 0 Å². The molecule has 0 fully saturated rings. The lowest BCUT2D eigenvalue weighted by atomic mass is 10.5. The molecular weight excluding hydrogens is 154 g/mol. The molecule has 0 saturated carbocycles. The Labute approximate surface area is 72.6 Å². The zero-order valence-corrected chi connectivity index (χ0v) is 7.96. The second kappa shape index (κ2) is 5.35. The molecule has 1 N–H and O–H groups in total. The standard InChI is InChI=1S/C6H9N3O.C2H6/c1-5(10)8-6-3-7-9(2)4-6;1-2/h3-4H,1-2H3,(H,8,10);1-2H3. The minimum atomic E-state index is -0.0759. The Morgan fingerprint density at radius 3 is 2.50 bits per heavy atom. The lowest BCUT2D eigenvalue weighted by molar-refractivity contribution is -0.114. The van der Waals surface area contributed by atoms with Gasteiger partial charge in [0.05, 0.1) is 11.9 Å². The van der Waals surface area contributed by atoms with Crippen LogP contribution in [0.5, 0.6) is 0 Å². The Kier molecular flexibility index (Phi) is 4.76. The Morgan fingerprint density at radius 2 is 2.17 bits per heavy atom. The zero-order valence-electron chi connectivity index (χ0n) is 7.96. The molecule has 0 atom stereocenters. The number of rotatable bonds is 1. The first kappa shape index (κ1) is 10.7. The van der Waals surface area contributed by atoms with Crippen molar-refractivity contribution in [2.24, 2.45) is 7.05 Å². The quantitative estimate of drug-likeness (QED) is 0.690. The van der Waals surface area contributed by atoms with Gasteiger partial charge in [-0.1, -0.05) is 13.8 Å².